The van der Waals surface area contributed by atoms with Gasteiger partial charge in [-0.1, -0.05) is 28.1 Å². The first-order valence-electron chi connectivity index (χ1n) is 7.85. The van der Waals surface area contributed by atoms with E-state index in [1.54, 1.807) is 0 Å². The van der Waals surface area contributed by atoms with Crippen LogP contribution in [0, 0.1) is 11.8 Å². The molecule has 0 spiro atoms. The zero-order valence-electron chi connectivity index (χ0n) is 13.3. The van der Waals surface area contributed by atoms with E-state index >= 15 is 0 Å². The number of carbonyl (C=O) groups is 3. The molecule has 1 aromatic rings. The van der Waals surface area contributed by atoms with E-state index in [1.165, 1.54) is 12.1 Å². The van der Waals surface area contributed by atoms with Crippen molar-refractivity contribution in [2.24, 2.45) is 11.8 Å². The number of alkyl halides is 3. The van der Waals surface area contributed by atoms with Crippen LogP contribution in [0.2, 0.25) is 0 Å². The van der Waals surface area contributed by atoms with Crippen LogP contribution in [0.1, 0.15) is 18.4 Å². The first-order chi connectivity index (χ1) is 12.2. The van der Waals surface area contributed by atoms with E-state index < -0.39 is 47.8 Å². The van der Waals surface area contributed by atoms with Crippen molar-refractivity contribution in [1.82, 2.24) is 4.90 Å². The van der Waals surface area contributed by atoms with Crippen LogP contribution in [0.5, 0.6) is 0 Å². The Hall–Kier alpha value is -2.16. The van der Waals surface area contributed by atoms with Gasteiger partial charge in [-0.2, -0.15) is 13.2 Å². The number of anilines is 1. The van der Waals surface area contributed by atoms with E-state index in [2.05, 4.69) is 21.2 Å². The Labute approximate surface area is 155 Å². The van der Waals surface area contributed by atoms with Crippen molar-refractivity contribution in [3.05, 3.63) is 40.4 Å². The molecule has 2 atom stereocenters. The van der Waals surface area contributed by atoms with E-state index in [-0.39, 0.29) is 10.2 Å². The minimum absolute atomic E-state index is 0.0660. The van der Waals surface area contributed by atoms with Crippen molar-refractivity contribution in [1.29, 1.82) is 0 Å². The van der Waals surface area contributed by atoms with Gasteiger partial charge >= 0.3 is 6.18 Å². The third-order valence-electron chi connectivity index (χ3n) is 4.46. The zero-order valence-corrected chi connectivity index (χ0v) is 14.9. The predicted octanol–water partition coefficient (Wildman–Crippen LogP) is 3.36. The molecule has 1 N–H and O–H groups in total. The molecule has 3 rings (SSSR count). The van der Waals surface area contributed by atoms with Gasteiger partial charge in [0.05, 0.1) is 17.4 Å². The van der Waals surface area contributed by atoms with Crippen LogP contribution < -0.4 is 5.32 Å². The van der Waals surface area contributed by atoms with Crippen LogP contribution in [-0.4, -0.2) is 29.2 Å². The molecular weight excluding hydrogens is 417 g/mol. The van der Waals surface area contributed by atoms with Gasteiger partial charge in [-0.25, -0.2) is 0 Å². The molecule has 0 radical (unpaired) electrons. The number of imide groups is 1. The second-order valence-electron chi connectivity index (χ2n) is 6.16. The summed E-state index contributed by atoms with van der Waals surface area (Å²) in [6.45, 7) is -0.512. The maximum atomic E-state index is 12.9. The summed E-state index contributed by atoms with van der Waals surface area (Å²) in [4.78, 5) is 37.6. The summed E-state index contributed by atoms with van der Waals surface area (Å²) in [6, 6.07) is 3.26. The van der Waals surface area contributed by atoms with E-state index in [1.807, 2.05) is 12.2 Å². The van der Waals surface area contributed by atoms with Crippen molar-refractivity contribution < 1.29 is 27.6 Å². The monoisotopic (exact) mass is 430 g/mol. The molecule has 1 aliphatic heterocycles. The highest BCUT2D eigenvalue weighted by atomic mass is 79.9. The Morgan fingerprint density at radius 3 is 2.27 bits per heavy atom. The summed E-state index contributed by atoms with van der Waals surface area (Å²) in [6.07, 6.45) is -0.0139. The summed E-state index contributed by atoms with van der Waals surface area (Å²) in [5, 5.41) is 2.31. The Bertz CT molecular complexity index is 781. The van der Waals surface area contributed by atoms with E-state index in [4.69, 9.17) is 0 Å². The molecule has 2 aliphatic rings. The van der Waals surface area contributed by atoms with Crippen LogP contribution in [0.4, 0.5) is 18.9 Å². The molecule has 1 saturated heterocycles. The number of hydrogen-bond acceptors (Lipinski definition) is 3. The first-order valence-corrected chi connectivity index (χ1v) is 8.64. The Morgan fingerprint density at radius 1 is 1.15 bits per heavy atom. The molecule has 0 saturated carbocycles. The molecule has 5 nitrogen and oxygen atoms in total. The van der Waals surface area contributed by atoms with Gasteiger partial charge in [-0.05, 0) is 31.0 Å². The quantitative estimate of drug-likeness (QED) is 0.590. The molecule has 1 fully saturated rings. The second kappa shape index (κ2) is 6.86. The minimum atomic E-state index is -4.58. The summed E-state index contributed by atoms with van der Waals surface area (Å²) in [7, 11) is 0. The molecule has 0 unspecified atom stereocenters. The van der Waals surface area contributed by atoms with Gasteiger partial charge in [-0.15, -0.1) is 0 Å². The molecule has 0 aromatic heterocycles. The lowest BCUT2D eigenvalue weighted by molar-refractivity contribution is -0.142. The highest BCUT2D eigenvalue weighted by Crippen LogP contribution is 2.37. The average Bonchev–Trinajstić information content (AvgIpc) is 2.81. The van der Waals surface area contributed by atoms with Crippen molar-refractivity contribution in [3.8, 4) is 0 Å². The molecule has 1 heterocycles. The fourth-order valence-electron chi connectivity index (χ4n) is 3.19. The molecule has 3 amide bonds. The van der Waals surface area contributed by atoms with Gasteiger partial charge in [-0.3, -0.25) is 19.3 Å². The number of likely N-dealkylation sites (tertiary alicyclic amines) is 1. The van der Waals surface area contributed by atoms with Crippen LogP contribution in [-0.2, 0) is 20.6 Å². The third-order valence-corrected chi connectivity index (χ3v) is 5.15. The highest BCUT2D eigenvalue weighted by molar-refractivity contribution is 9.10. The molecule has 1 aliphatic carbocycles. The van der Waals surface area contributed by atoms with E-state index in [9.17, 15) is 27.6 Å². The molecule has 1 aromatic carbocycles. The number of nitrogens with zero attached hydrogens (tertiary/aromatic N) is 1. The Kier molecular flexibility index (Phi) is 4.92. The number of benzene rings is 1. The summed E-state index contributed by atoms with van der Waals surface area (Å²) >= 11 is 2.82. The molecular formula is C17H14BrF3N2O3. The number of fused-ring (bicyclic) bond motifs is 1. The number of rotatable bonds is 3. The number of amides is 3. The molecule has 138 valence electrons. The van der Waals surface area contributed by atoms with Crippen molar-refractivity contribution in [3.63, 3.8) is 0 Å². The lowest BCUT2D eigenvalue weighted by Gasteiger charge is -2.15. The molecule has 26 heavy (non-hydrogen) atoms. The minimum Gasteiger partial charge on any atom is -0.325 e. The van der Waals surface area contributed by atoms with Gasteiger partial charge in [0.2, 0.25) is 17.7 Å². The second-order valence-corrected chi connectivity index (χ2v) is 7.01. The number of allylic oxidation sites excluding steroid dienone is 2. The van der Waals surface area contributed by atoms with Gasteiger partial charge in [0, 0.05) is 10.2 Å². The number of halogens is 4. The fourth-order valence-corrected chi connectivity index (χ4v) is 3.66. The van der Waals surface area contributed by atoms with Gasteiger partial charge in [0.15, 0.2) is 0 Å². The van der Waals surface area contributed by atoms with Crippen molar-refractivity contribution >= 4 is 39.3 Å². The van der Waals surface area contributed by atoms with Gasteiger partial charge in [0.25, 0.3) is 0 Å². The van der Waals surface area contributed by atoms with Gasteiger partial charge < -0.3 is 5.32 Å². The normalized spacial score (nSPS) is 22.5. The number of nitrogens with one attached hydrogen (secondary N) is 1. The van der Waals surface area contributed by atoms with Crippen LogP contribution in [0.15, 0.2) is 34.8 Å². The number of hydrogen-bond donors (Lipinski definition) is 1. The van der Waals surface area contributed by atoms with E-state index in [0.717, 1.165) is 11.0 Å². The largest absolute Gasteiger partial charge is 0.417 e. The predicted molar refractivity (Wildman–Crippen MR) is 89.8 cm³/mol. The standard InChI is InChI=1S/C17H14BrF3N2O3/c18-13-6-5-9(7-12(13)17(19,20)21)22-14(24)8-23-15(25)10-3-1-2-4-11(10)16(23)26/h1-2,5-7,10-11H,3-4,8H2,(H,22,24)/t10-,11-/m0/s1. The summed E-state index contributed by atoms with van der Waals surface area (Å²) in [5.74, 6) is -2.46. The number of carbonyl (C=O) groups excluding carboxylic acids is 3. The van der Waals surface area contributed by atoms with Crippen LogP contribution >= 0.6 is 15.9 Å². The van der Waals surface area contributed by atoms with Crippen LogP contribution in [0.25, 0.3) is 0 Å². The smallest absolute Gasteiger partial charge is 0.325 e. The SMILES string of the molecule is O=C(CN1C(=O)[C@H]2CC=CC[C@@H]2C1=O)Nc1ccc(Br)c(C(F)(F)F)c1. The lowest BCUT2D eigenvalue weighted by Crippen LogP contribution is -2.38. The Balaban J connectivity index is 1.70. The highest BCUT2D eigenvalue weighted by Gasteiger charge is 2.47. The third kappa shape index (κ3) is 3.53. The topological polar surface area (TPSA) is 66.5 Å². The van der Waals surface area contributed by atoms with Crippen molar-refractivity contribution in [2.45, 2.75) is 19.0 Å². The van der Waals surface area contributed by atoms with Crippen molar-refractivity contribution in [2.75, 3.05) is 11.9 Å². The molecule has 9 heteroatoms. The van der Waals surface area contributed by atoms with E-state index in [0.29, 0.717) is 12.8 Å². The van der Waals surface area contributed by atoms with Gasteiger partial charge in [0.1, 0.15) is 6.54 Å². The maximum absolute atomic E-state index is 12.9. The van der Waals surface area contributed by atoms with Crippen LogP contribution in [0.3, 0.4) is 0 Å². The summed E-state index contributed by atoms with van der Waals surface area (Å²) < 4.78 is 38.6. The summed E-state index contributed by atoms with van der Waals surface area (Å²) in [5.41, 5.74) is -0.996. The first kappa shape index (κ1) is 18.6. The average molecular weight is 431 g/mol. The Morgan fingerprint density at radius 2 is 1.73 bits per heavy atom. The lowest BCUT2D eigenvalue weighted by atomic mass is 9.85. The maximum Gasteiger partial charge on any atom is 0.417 e. The zero-order chi connectivity index (χ0) is 19.1. The molecule has 0 bridgehead atoms. The fraction of sp³-hybridized carbons (Fsp3) is 0.353.